The molecule has 1 fully saturated rings. The van der Waals surface area contributed by atoms with Crippen LogP contribution in [0, 0.1) is 17.3 Å². The Morgan fingerprint density at radius 1 is 1.39 bits per heavy atom. The molecule has 2 N–H and O–H groups in total. The van der Waals surface area contributed by atoms with E-state index in [-0.39, 0.29) is 12.5 Å². The SMILES string of the molecule is CC(CCO)CNC(=O)CC1CCC(C)(C)CC1. The minimum absolute atomic E-state index is 0.185. The van der Waals surface area contributed by atoms with Gasteiger partial charge in [-0.2, -0.15) is 0 Å². The quantitative estimate of drug-likeness (QED) is 0.766. The molecule has 1 rings (SSSR count). The van der Waals surface area contributed by atoms with E-state index in [9.17, 15) is 4.79 Å². The van der Waals surface area contributed by atoms with Crippen molar-refractivity contribution in [1.29, 1.82) is 0 Å². The molecule has 1 unspecified atom stereocenters. The molecule has 0 aromatic carbocycles. The molecule has 1 saturated carbocycles. The summed E-state index contributed by atoms with van der Waals surface area (Å²) in [6.07, 6.45) is 6.30. The van der Waals surface area contributed by atoms with Gasteiger partial charge in [0, 0.05) is 19.6 Å². The summed E-state index contributed by atoms with van der Waals surface area (Å²) in [4.78, 5) is 11.8. The predicted molar refractivity (Wildman–Crippen MR) is 74.2 cm³/mol. The zero-order valence-corrected chi connectivity index (χ0v) is 12.2. The summed E-state index contributed by atoms with van der Waals surface area (Å²) in [7, 11) is 0. The molecule has 0 spiro atoms. The molecule has 1 amide bonds. The fraction of sp³-hybridized carbons (Fsp3) is 0.933. The Morgan fingerprint density at radius 2 is 2.00 bits per heavy atom. The molecule has 0 aromatic heterocycles. The number of nitrogens with one attached hydrogen (secondary N) is 1. The van der Waals surface area contributed by atoms with Crippen molar-refractivity contribution < 1.29 is 9.90 Å². The fourth-order valence-electron chi connectivity index (χ4n) is 2.61. The molecule has 18 heavy (non-hydrogen) atoms. The van der Waals surface area contributed by atoms with Gasteiger partial charge in [0.05, 0.1) is 0 Å². The van der Waals surface area contributed by atoms with E-state index in [1.807, 2.05) is 0 Å². The van der Waals surface area contributed by atoms with Crippen LogP contribution in [0.1, 0.15) is 59.3 Å². The van der Waals surface area contributed by atoms with Crippen LogP contribution >= 0.6 is 0 Å². The number of carbonyl (C=O) groups excluding carboxylic acids is 1. The maximum atomic E-state index is 11.8. The molecule has 0 aromatic rings. The number of amides is 1. The van der Waals surface area contributed by atoms with E-state index in [0.717, 1.165) is 6.42 Å². The first kappa shape index (κ1) is 15.5. The van der Waals surface area contributed by atoms with Gasteiger partial charge in [-0.15, -0.1) is 0 Å². The van der Waals surface area contributed by atoms with Gasteiger partial charge >= 0.3 is 0 Å². The Morgan fingerprint density at radius 3 is 2.56 bits per heavy atom. The summed E-state index contributed by atoms with van der Waals surface area (Å²) >= 11 is 0. The van der Waals surface area contributed by atoms with Crippen LogP contribution in [0.2, 0.25) is 0 Å². The first-order valence-electron chi connectivity index (χ1n) is 7.30. The molecule has 1 aliphatic carbocycles. The zero-order valence-electron chi connectivity index (χ0n) is 12.2. The zero-order chi connectivity index (χ0) is 13.6. The molecular weight excluding hydrogens is 226 g/mol. The van der Waals surface area contributed by atoms with Gasteiger partial charge in [-0.05, 0) is 49.4 Å². The van der Waals surface area contributed by atoms with Gasteiger partial charge in [0.15, 0.2) is 0 Å². The van der Waals surface area contributed by atoms with E-state index in [1.54, 1.807) is 0 Å². The summed E-state index contributed by atoms with van der Waals surface area (Å²) in [5.41, 5.74) is 0.475. The Balaban J connectivity index is 2.17. The van der Waals surface area contributed by atoms with Gasteiger partial charge < -0.3 is 10.4 Å². The molecule has 0 saturated heterocycles. The van der Waals surface area contributed by atoms with E-state index >= 15 is 0 Å². The van der Waals surface area contributed by atoms with E-state index < -0.39 is 0 Å². The number of aliphatic hydroxyl groups is 1. The fourth-order valence-corrected chi connectivity index (χ4v) is 2.61. The van der Waals surface area contributed by atoms with Crippen molar-refractivity contribution in [3.8, 4) is 0 Å². The Labute approximate surface area is 111 Å². The Hall–Kier alpha value is -0.570. The first-order chi connectivity index (χ1) is 8.43. The van der Waals surface area contributed by atoms with Crippen LogP contribution in [0.15, 0.2) is 0 Å². The van der Waals surface area contributed by atoms with Crippen LogP contribution in [0.4, 0.5) is 0 Å². The van der Waals surface area contributed by atoms with Crippen LogP contribution in [-0.4, -0.2) is 24.2 Å². The van der Waals surface area contributed by atoms with Crippen molar-refractivity contribution in [2.24, 2.45) is 17.3 Å². The average Bonchev–Trinajstić information content (AvgIpc) is 2.30. The maximum absolute atomic E-state index is 11.8. The Bertz CT molecular complexity index is 253. The second kappa shape index (κ2) is 7.13. The van der Waals surface area contributed by atoms with Crippen molar-refractivity contribution >= 4 is 5.91 Å². The van der Waals surface area contributed by atoms with E-state index in [4.69, 9.17) is 5.11 Å². The van der Waals surface area contributed by atoms with Crippen LogP contribution in [0.5, 0.6) is 0 Å². The largest absolute Gasteiger partial charge is 0.396 e. The molecule has 1 aliphatic rings. The van der Waals surface area contributed by atoms with Gasteiger partial charge in [0.25, 0.3) is 0 Å². The monoisotopic (exact) mass is 255 g/mol. The van der Waals surface area contributed by atoms with Crippen molar-refractivity contribution in [2.45, 2.75) is 59.3 Å². The summed E-state index contributed by atoms with van der Waals surface area (Å²) in [5.74, 6) is 1.12. The molecule has 1 atom stereocenters. The lowest BCUT2D eigenvalue weighted by Gasteiger charge is -2.34. The van der Waals surface area contributed by atoms with E-state index in [0.29, 0.717) is 30.2 Å². The van der Waals surface area contributed by atoms with E-state index in [2.05, 4.69) is 26.1 Å². The summed E-state index contributed by atoms with van der Waals surface area (Å²) in [6, 6.07) is 0. The maximum Gasteiger partial charge on any atom is 0.220 e. The van der Waals surface area contributed by atoms with Crippen molar-refractivity contribution in [2.75, 3.05) is 13.2 Å². The number of rotatable bonds is 6. The molecule has 3 heteroatoms. The molecule has 0 aliphatic heterocycles. The lowest BCUT2D eigenvalue weighted by atomic mass is 9.72. The third kappa shape index (κ3) is 5.85. The smallest absolute Gasteiger partial charge is 0.220 e. The Kier molecular flexibility index (Phi) is 6.13. The van der Waals surface area contributed by atoms with Crippen LogP contribution in [0.25, 0.3) is 0 Å². The second-order valence-corrected chi connectivity index (χ2v) is 6.73. The standard InChI is InChI=1S/C15H29NO2/c1-12(6-9-17)11-16-14(18)10-13-4-7-15(2,3)8-5-13/h12-13,17H,4-11H2,1-3H3,(H,16,18). The van der Waals surface area contributed by atoms with Crippen LogP contribution < -0.4 is 5.32 Å². The average molecular weight is 255 g/mol. The molecular formula is C15H29NO2. The van der Waals surface area contributed by atoms with Gasteiger partial charge in [-0.25, -0.2) is 0 Å². The highest BCUT2D eigenvalue weighted by Gasteiger charge is 2.27. The predicted octanol–water partition coefficient (Wildman–Crippen LogP) is 2.73. The molecule has 3 nitrogen and oxygen atoms in total. The van der Waals surface area contributed by atoms with E-state index in [1.165, 1.54) is 25.7 Å². The lowest BCUT2D eigenvalue weighted by molar-refractivity contribution is -0.122. The molecule has 0 bridgehead atoms. The minimum Gasteiger partial charge on any atom is -0.396 e. The van der Waals surface area contributed by atoms with Crippen molar-refractivity contribution in [3.05, 3.63) is 0 Å². The molecule has 106 valence electrons. The van der Waals surface area contributed by atoms with Gasteiger partial charge in [0.1, 0.15) is 0 Å². The topological polar surface area (TPSA) is 49.3 Å². The number of hydrogen-bond acceptors (Lipinski definition) is 2. The van der Waals surface area contributed by atoms with Crippen LogP contribution in [0.3, 0.4) is 0 Å². The van der Waals surface area contributed by atoms with Gasteiger partial charge in [0.2, 0.25) is 5.91 Å². The number of carbonyl (C=O) groups is 1. The third-order valence-corrected chi connectivity index (χ3v) is 4.20. The summed E-state index contributed by atoms with van der Waals surface area (Å²) in [5, 5.41) is 11.8. The highest BCUT2D eigenvalue weighted by atomic mass is 16.3. The van der Waals surface area contributed by atoms with Crippen LogP contribution in [-0.2, 0) is 4.79 Å². The summed E-state index contributed by atoms with van der Waals surface area (Å²) in [6.45, 7) is 7.59. The number of aliphatic hydroxyl groups excluding tert-OH is 1. The van der Waals surface area contributed by atoms with Gasteiger partial charge in [-0.3, -0.25) is 4.79 Å². The first-order valence-corrected chi connectivity index (χ1v) is 7.30. The molecule has 0 heterocycles. The lowest BCUT2D eigenvalue weighted by Crippen LogP contribution is -2.31. The minimum atomic E-state index is 0.185. The van der Waals surface area contributed by atoms with Gasteiger partial charge in [-0.1, -0.05) is 20.8 Å². The van der Waals surface area contributed by atoms with Crippen molar-refractivity contribution in [1.82, 2.24) is 5.32 Å². The third-order valence-electron chi connectivity index (χ3n) is 4.20. The second-order valence-electron chi connectivity index (χ2n) is 6.73. The highest BCUT2D eigenvalue weighted by Crippen LogP contribution is 2.39. The normalized spacial score (nSPS) is 21.6. The highest BCUT2D eigenvalue weighted by molar-refractivity contribution is 5.76. The molecule has 0 radical (unpaired) electrons. The number of hydrogen-bond donors (Lipinski definition) is 2. The summed E-state index contributed by atoms with van der Waals surface area (Å²) < 4.78 is 0. The van der Waals surface area contributed by atoms with Crippen molar-refractivity contribution in [3.63, 3.8) is 0 Å².